The molecule has 1 aliphatic carbocycles. The van der Waals surface area contributed by atoms with Crippen LogP contribution in [-0.4, -0.2) is 38.8 Å². The van der Waals surface area contributed by atoms with E-state index in [-0.39, 0.29) is 28.4 Å². The van der Waals surface area contributed by atoms with Crippen molar-refractivity contribution in [1.29, 1.82) is 0 Å². The van der Waals surface area contributed by atoms with Gasteiger partial charge in [-0.1, -0.05) is 6.92 Å². The summed E-state index contributed by atoms with van der Waals surface area (Å²) in [4.78, 5) is 29.8. The van der Waals surface area contributed by atoms with Gasteiger partial charge in [0.25, 0.3) is 5.91 Å². The molecule has 2 amide bonds. The Morgan fingerprint density at radius 2 is 1.92 bits per heavy atom. The van der Waals surface area contributed by atoms with Gasteiger partial charge < -0.3 is 15.4 Å². The van der Waals surface area contributed by atoms with Crippen LogP contribution in [0, 0.1) is 15.4 Å². The molecule has 4 rings (SSSR count). The average molecular weight is 605 g/mol. The van der Waals surface area contributed by atoms with Crippen molar-refractivity contribution < 1.29 is 18.7 Å². The van der Waals surface area contributed by atoms with E-state index in [2.05, 4.69) is 32.7 Å². The van der Waals surface area contributed by atoms with Crippen molar-refractivity contribution in [3.63, 3.8) is 0 Å². The number of carbonyl (C=O) groups is 2. The molecule has 3 aromatic rings. The monoisotopic (exact) mass is 605 g/mol. The number of hydrogen-bond donors (Lipinski definition) is 2. The summed E-state index contributed by atoms with van der Waals surface area (Å²) in [6.07, 6.45) is 5.34. The Kier molecular flexibility index (Phi) is 7.72. The van der Waals surface area contributed by atoms with Crippen LogP contribution in [0.5, 0.6) is 0 Å². The normalized spacial score (nSPS) is 20.1. The summed E-state index contributed by atoms with van der Waals surface area (Å²) in [5, 5.41) is 14.2. The maximum atomic E-state index is 14.3. The highest BCUT2D eigenvalue weighted by molar-refractivity contribution is 14.1. The largest absolute Gasteiger partial charge is 0.444 e. The van der Waals surface area contributed by atoms with Gasteiger partial charge in [-0.25, -0.2) is 9.18 Å². The molecule has 0 bridgehead atoms. The van der Waals surface area contributed by atoms with Crippen LogP contribution in [0.1, 0.15) is 68.8 Å². The number of nitrogens with zero attached hydrogens (tertiary/aromatic N) is 3. The fourth-order valence-electron chi connectivity index (χ4n) is 4.76. The van der Waals surface area contributed by atoms with Crippen molar-refractivity contribution in [2.45, 2.75) is 64.5 Å². The Balaban J connectivity index is 1.56. The number of hydrogen-bond acceptors (Lipinski definition) is 6. The van der Waals surface area contributed by atoms with Gasteiger partial charge >= 0.3 is 6.09 Å². The summed E-state index contributed by atoms with van der Waals surface area (Å²) in [7, 11) is 0. The Morgan fingerprint density at radius 1 is 1.14 bits per heavy atom. The number of anilines is 1. The number of halogens is 2. The van der Waals surface area contributed by atoms with E-state index < -0.39 is 23.4 Å². The zero-order valence-corrected chi connectivity index (χ0v) is 22.8. The lowest BCUT2D eigenvalue weighted by atomic mass is 9.76. The van der Waals surface area contributed by atoms with Gasteiger partial charge in [0.05, 0.1) is 17.4 Å². The molecule has 0 saturated heterocycles. The number of nitrogens with one attached hydrogen (secondary N) is 2. The van der Waals surface area contributed by atoms with Crippen LogP contribution in [0.15, 0.2) is 36.7 Å². The number of benzene rings is 1. The number of amides is 2. The summed E-state index contributed by atoms with van der Waals surface area (Å²) in [6, 6.07) is 6.08. The Hall–Kier alpha value is -2.89. The summed E-state index contributed by atoms with van der Waals surface area (Å²) < 4.78 is 20.3. The van der Waals surface area contributed by atoms with E-state index in [0.717, 1.165) is 18.4 Å². The molecule has 36 heavy (non-hydrogen) atoms. The second kappa shape index (κ2) is 10.6. The summed E-state index contributed by atoms with van der Waals surface area (Å²) >= 11 is 1.95. The average Bonchev–Trinajstić information content (AvgIpc) is 2.78. The Bertz CT molecular complexity index is 1300. The van der Waals surface area contributed by atoms with Gasteiger partial charge in [-0.15, -0.1) is 10.2 Å². The van der Waals surface area contributed by atoms with Crippen LogP contribution >= 0.6 is 22.6 Å². The smallest absolute Gasteiger partial charge is 0.407 e. The van der Waals surface area contributed by atoms with Gasteiger partial charge in [-0.2, -0.15) is 0 Å². The molecule has 0 spiro atoms. The standard InChI is InChI=1S/C26H29FIN5O3/c1-14-9-15(11-16(10-14)30-25(35)36-26(2,3)4)17-7-8-29-13-21(17)31-24(34)18-5-6-20(27)19-12-22(28)32-33-23(18)19/h5-8,12-16H,9-11H2,1-4H3,(H,30,35)(H,31,34)/t14-,15+,16-/m0/s1. The van der Waals surface area contributed by atoms with Gasteiger partial charge in [0.1, 0.15) is 20.6 Å². The van der Waals surface area contributed by atoms with Crippen LogP contribution < -0.4 is 10.6 Å². The fourth-order valence-corrected chi connectivity index (χ4v) is 5.18. The van der Waals surface area contributed by atoms with Crippen molar-refractivity contribution in [1.82, 2.24) is 20.5 Å². The maximum Gasteiger partial charge on any atom is 0.407 e. The molecule has 2 N–H and O–H groups in total. The van der Waals surface area contributed by atoms with Crippen molar-refractivity contribution in [2.75, 3.05) is 5.32 Å². The Labute approximate surface area is 222 Å². The molecule has 1 aliphatic rings. The van der Waals surface area contributed by atoms with Gasteiger partial charge in [-0.05, 0) is 104 Å². The number of aromatic nitrogens is 3. The second-order valence-electron chi connectivity index (χ2n) is 10.3. The topological polar surface area (TPSA) is 106 Å². The highest BCUT2D eigenvalue weighted by Gasteiger charge is 2.31. The third-order valence-electron chi connectivity index (χ3n) is 6.12. The zero-order chi connectivity index (χ0) is 26.0. The van der Waals surface area contributed by atoms with Crippen molar-refractivity contribution in [2.24, 2.45) is 5.92 Å². The molecule has 8 nitrogen and oxygen atoms in total. The molecular formula is C26H29FIN5O3. The van der Waals surface area contributed by atoms with Crippen LogP contribution in [0.2, 0.25) is 0 Å². The Morgan fingerprint density at radius 3 is 2.67 bits per heavy atom. The van der Waals surface area contributed by atoms with E-state index in [4.69, 9.17) is 4.74 Å². The lowest BCUT2D eigenvalue weighted by Crippen LogP contribution is -2.42. The molecule has 0 unspecified atom stereocenters. The van der Waals surface area contributed by atoms with Gasteiger partial charge in [0, 0.05) is 17.6 Å². The van der Waals surface area contributed by atoms with Crippen LogP contribution in [0.3, 0.4) is 0 Å². The van der Waals surface area contributed by atoms with Crippen LogP contribution in [-0.2, 0) is 4.74 Å². The van der Waals surface area contributed by atoms with Crippen LogP contribution in [0.25, 0.3) is 10.9 Å². The third-order valence-corrected chi connectivity index (χ3v) is 6.65. The maximum absolute atomic E-state index is 14.3. The van der Waals surface area contributed by atoms with E-state index in [1.54, 1.807) is 18.5 Å². The summed E-state index contributed by atoms with van der Waals surface area (Å²) in [5.74, 6) is -0.425. The first-order valence-corrected chi connectivity index (χ1v) is 12.9. The minimum absolute atomic E-state index is 0.0518. The quantitative estimate of drug-likeness (QED) is 0.364. The minimum Gasteiger partial charge on any atom is -0.444 e. The number of carbonyl (C=O) groups excluding carboxylic acids is 2. The van der Waals surface area contributed by atoms with E-state index in [0.29, 0.717) is 21.7 Å². The molecule has 0 radical (unpaired) electrons. The first-order valence-electron chi connectivity index (χ1n) is 11.9. The van der Waals surface area contributed by atoms with Gasteiger partial charge in [0.2, 0.25) is 0 Å². The molecule has 1 saturated carbocycles. The number of alkyl carbamates (subject to hydrolysis) is 1. The summed E-state index contributed by atoms with van der Waals surface area (Å²) in [5.41, 5.74) is 1.37. The second-order valence-corrected chi connectivity index (χ2v) is 11.4. The van der Waals surface area contributed by atoms with Crippen molar-refractivity contribution in [3.8, 4) is 0 Å². The predicted molar refractivity (Wildman–Crippen MR) is 143 cm³/mol. The van der Waals surface area contributed by atoms with Gasteiger partial charge in [-0.3, -0.25) is 9.78 Å². The number of fused-ring (bicyclic) bond motifs is 1. The van der Waals surface area contributed by atoms with Crippen molar-refractivity contribution in [3.05, 3.63) is 57.3 Å². The predicted octanol–water partition coefficient (Wildman–Crippen LogP) is 5.82. The molecule has 0 aliphatic heterocycles. The lowest BCUT2D eigenvalue weighted by Gasteiger charge is -2.35. The van der Waals surface area contributed by atoms with E-state index in [1.165, 1.54) is 12.1 Å². The summed E-state index contributed by atoms with van der Waals surface area (Å²) in [6.45, 7) is 7.66. The molecule has 190 valence electrons. The van der Waals surface area contributed by atoms with Crippen molar-refractivity contribution >= 4 is 51.2 Å². The third kappa shape index (κ3) is 6.26. The van der Waals surface area contributed by atoms with E-state index in [9.17, 15) is 14.0 Å². The number of pyridine rings is 1. The molecule has 1 aromatic carbocycles. The lowest BCUT2D eigenvalue weighted by molar-refractivity contribution is 0.0482. The first kappa shape index (κ1) is 26.2. The molecule has 10 heteroatoms. The highest BCUT2D eigenvalue weighted by atomic mass is 127. The molecular weight excluding hydrogens is 576 g/mol. The molecule has 3 atom stereocenters. The highest BCUT2D eigenvalue weighted by Crippen LogP contribution is 2.39. The number of ether oxygens (including phenoxy) is 1. The fraction of sp³-hybridized carbons (Fsp3) is 0.423. The first-order chi connectivity index (χ1) is 17.0. The van der Waals surface area contributed by atoms with E-state index in [1.807, 2.05) is 49.4 Å². The molecule has 2 heterocycles. The number of rotatable bonds is 4. The SMILES string of the molecule is C[C@@H]1C[C@H](NC(=O)OC(C)(C)C)C[C@H](c2ccncc2NC(=O)c2ccc(F)c3cc(I)nnc23)C1. The van der Waals surface area contributed by atoms with Gasteiger partial charge in [0.15, 0.2) is 0 Å². The zero-order valence-electron chi connectivity index (χ0n) is 20.6. The molecule has 2 aromatic heterocycles. The van der Waals surface area contributed by atoms with E-state index >= 15 is 0 Å². The minimum atomic E-state index is -0.570. The van der Waals surface area contributed by atoms with Crippen LogP contribution in [0.4, 0.5) is 14.9 Å². The molecule has 1 fully saturated rings.